The van der Waals surface area contributed by atoms with Crippen LogP contribution in [0.1, 0.15) is 34.3 Å². The molecule has 0 aromatic heterocycles. The van der Waals surface area contributed by atoms with E-state index in [1.165, 1.54) is 0 Å². The third-order valence-corrected chi connectivity index (χ3v) is 6.42. The van der Waals surface area contributed by atoms with E-state index in [2.05, 4.69) is 10.6 Å². The lowest BCUT2D eigenvalue weighted by Crippen LogP contribution is -2.37. The molecule has 1 saturated heterocycles. The number of ether oxygens (including phenoxy) is 1. The lowest BCUT2D eigenvalue weighted by Gasteiger charge is -2.20. The van der Waals surface area contributed by atoms with Gasteiger partial charge in [-0.05, 0) is 37.5 Å². The molecule has 0 spiro atoms. The van der Waals surface area contributed by atoms with Crippen LogP contribution in [0.4, 0.5) is 5.69 Å². The van der Waals surface area contributed by atoms with Crippen molar-refractivity contribution in [3.63, 3.8) is 0 Å². The molecule has 2 amide bonds. The van der Waals surface area contributed by atoms with Gasteiger partial charge in [0.05, 0.1) is 30.2 Å². The number of aryl methyl sites for hydroxylation is 1. The van der Waals surface area contributed by atoms with Gasteiger partial charge in [-0.25, -0.2) is 8.42 Å². The first-order valence-electron chi connectivity index (χ1n) is 10.5. The van der Waals surface area contributed by atoms with Crippen LogP contribution in [-0.4, -0.2) is 56.6 Å². The van der Waals surface area contributed by atoms with Crippen molar-refractivity contribution in [2.24, 2.45) is 0 Å². The molecular weight excluding hydrogens is 430 g/mol. The van der Waals surface area contributed by atoms with E-state index in [-0.39, 0.29) is 25.1 Å². The maximum Gasteiger partial charge on any atom is 0.253 e. The number of carbonyl (C=O) groups is 2. The largest absolute Gasteiger partial charge is 0.376 e. The van der Waals surface area contributed by atoms with Gasteiger partial charge in [0.15, 0.2) is 0 Å². The van der Waals surface area contributed by atoms with Crippen molar-refractivity contribution >= 4 is 27.5 Å². The number of nitrogens with zero attached hydrogens (tertiary/aromatic N) is 1. The summed E-state index contributed by atoms with van der Waals surface area (Å²) >= 11 is 0. The Morgan fingerprint density at radius 2 is 1.84 bits per heavy atom. The van der Waals surface area contributed by atoms with Crippen LogP contribution in [0.25, 0.3) is 0 Å². The fourth-order valence-corrected chi connectivity index (χ4v) is 4.17. The first-order chi connectivity index (χ1) is 15.2. The Morgan fingerprint density at radius 1 is 1.12 bits per heavy atom. The highest BCUT2D eigenvalue weighted by molar-refractivity contribution is 7.88. The standard InChI is InChI=1S/C23H29N3O5S/c1-17-9-11-18(12-10-17)15-26(32(2,29)30)16-22(27)25-21-8-4-3-7-20(21)23(28)24-14-19-6-5-13-31-19/h3-4,7-12,19H,5-6,13-16H2,1-2H3,(H,24,28)(H,25,27)/t19-/m1/s1. The number of para-hydroxylation sites is 1. The van der Waals surface area contributed by atoms with Crippen LogP contribution in [0.2, 0.25) is 0 Å². The summed E-state index contributed by atoms with van der Waals surface area (Å²) < 4.78 is 31.1. The Morgan fingerprint density at radius 3 is 2.50 bits per heavy atom. The van der Waals surface area contributed by atoms with Crippen LogP contribution >= 0.6 is 0 Å². The van der Waals surface area contributed by atoms with Gasteiger partial charge in [0, 0.05) is 19.7 Å². The summed E-state index contributed by atoms with van der Waals surface area (Å²) in [4.78, 5) is 25.3. The van der Waals surface area contributed by atoms with E-state index in [0.29, 0.717) is 24.4 Å². The van der Waals surface area contributed by atoms with Gasteiger partial charge < -0.3 is 15.4 Å². The molecule has 1 aliphatic heterocycles. The van der Waals surface area contributed by atoms with E-state index in [9.17, 15) is 18.0 Å². The molecule has 0 unspecified atom stereocenters. The summed E-state index contributed by atoms with van der Waals surface area (Å²) in [6.07, 6.45) is 2.96. The Balaban J connectivity index is 1.65. The predicted octanol–water partition coefficient (Wildman–Crippen LogP) is 2.30. The zero-order chi connectivity index (χ0) is 23.1. The highest BCUT2D eigenvalue weighted by Gasteiger charge is 2.22. The van der Waals surface area contributed by atoms with E-state index >= 15 is 0 Å². The number of nitrogens with one attached hydrogen (secondary N) is 2. The van der Waals surface area contributed by atoms with Crippen LogP contribution in [0.5, 0.6) is 0 Å². The fourth-order valence-electron chi connectivity index (χ4n) is 3.43. The number of benzene rings is 2. The molecule has 0 bridgehead atoms. The molecular formula is C23H29N3O5S. The molecule has 172 valence electrons. The average molecular weight is 460 g/mol. The van der Waals surface area contributed by atoms with Crippen molar-refractivity contribution in [1.29, 1.82) is 0 Å². The number of sulfonamides is 1. The summed E-state index contributed by atoms with van der Waals surface area (Å²) in [5.74, 6) is -0.849. The summed E-state index contributed by atoms with van der Waals surface area (Å²) in [5.41, 5.74) is 2.48. The molecule has 0 aliphatic carbocycles. The topological polar surface area (TPSA) is 105 Å². The zero-order valence-electron chi connectivity index (χ0n) is 18.3. The molecule has 32 heavy (non-hydrogen) atoms. The van der Waals surface area contributed by atoms with Gasteiger partial charge >= 0.3 is 0 Å². The van der Waals surface area contributed by atoms with Crippen molar-refractivity contribution < 1.29 is 22.7 Å². The molecule has 1 aliphatic rings. The second-order valence-corrected chi connectivity index (χ2v) is 9.94. The van der Waals surface area contributed by atoms with Gasteiger partial charge in [0.25, 0.3) is 5.91 Å². The van der Waals surface area contributed by atoms with E-state index in [1.807, 2.05) is 31.2 Å². The van der Waals surface area contributed by atoms with E-state index < -0.39 is 15.9 Å². The lowest BCUT2D eigenvalue weighted by atomic mass is 10.1. The van der Waals surface area contributed by atoms with Crippen molar-refractivity contribution in [2.75, 3.05) is 31.3 Å². The molecule has 1 fully saturated rings. The van der Waals surface area contributed by atoms with Crippen LogP contribution < -0.4 is 10.6 Å². The summed E-state index contributed by atoms with van der Waals surface area (Å²) in [7, 11) is -3.63. The van der Waals surface area contributed by atoms with Crippen LogP contribution in [-0.2, 0) is 26.1 Å². The maximum atomic E-state index is 12.7. The van der Waals surface area contributed by atoms with E-state index in [0.717, 1.165) is 34.5 Å². The number of amides is 2. The molecule has 2 aromatic carbocycles. The van der Waals surface area contributed by atoms with Gasteiger partial charge in [0.2, 0.25) is 15.9 Å². The SMILES string of the molecule is Cc1ccc(CN(CC(=O)Nc2ccccc2C(=O)NC[C@H]2CCCO2)S(C)(=O)=O)cc1. The van der Waals surface area contributed by atoms with Crippen molar-refractivity contribution in [2.45, 2.75) is 32.4 Å². The van der Waals surface area contributed by atoms with Crippen molar-refractivity contribution in [1.82, 2.24) is 9.62 Å². The number of carbonyl (C=O) groups excluding carboxylic acids is 2. The fraction of sp³-hybridized carbons (Fsp3) is 0.391. The normalized spacial score (nSPS) is 16.2. The van der Waals surface area contributed by atoms with E-state index in [4.69, 9.17) is 4.74 Å². The Kier molecular flexibility index (Phi) is 8.00. The zero-order valence-corrected chi connectivity index (χ0v) is 19.2. The van der Waals surface area contributed by atoms with Gasteiger partial charge in [-0.3, -0.25) is 9.59 Å². The molecule has 8 nitrogen and oxygen atoms in total. The molecule has 2 N–H and O–H groups in total. The maximum absolute atomic E-state index is 12.7. The first kappa shape index (κ1) is 23.9. The molecule has 3 rings (SSSR count). The third kappa shape index (κ3) is 6.88. The first-order valence-corrected chi connectivity index (χ1v) is 12.4. The van der Waals surface area contributed by atoms with Crippen molar-refractivity contribution in [3.05, 3.63) is 65.2 Å². The highest BCUT2D eigenvalue weighted by Crippen LogP contribution is 2.17. The monoisotopic (exact) mass is 459 g/mol. The summed E-state index contributed by atoms with van der Waals surface area (Å²) in [6.45, 7) is 2.76. The quantitative estimate of drug-likeness (QED) is 0.599. The molecule has 0 radical (unpaired) electrons. The number of rotatable bonds is 9. The minimum absolute atomic E-state index is 0.00537. The smallest absolute Gasteiger partial charge is 0.253 e. The van der Waals surface area contributed by atoms with Gasteiger partial charge in [-0.1, -0.05) is 42.0 Å². The number of hydrogen-bond acceptors (Lipinski definition) is 5. The minimum Gasteiger partial charge on any atom is -0.376 e. The van der Waals surface area contributed by atoms with E-state index in [1.54, 1.807) is 24.3 Å². The van der Waals surface area contributed by atoms with Gasteiger partial charge in [-0.15, -0.1) is 0 Å². The molecule has 1 heterocycles. The predicted molar refractivity (Wildman–Crippen MR) is 123 cm³/mol. The minimum atomic E-state index is -3.63. The van der Waals surface area contributed by atoms with Gasteiger partial charge in [0.1, 0.15) is 0 Å². The van der Waals surface area contributed by atoms with Crippen molar-refractivity contribution in [3.8, 4) is 0 Å². The lowest BCUT2D eigenvalue weighted by molar-refractivity contribution is -0.116. The Labute approximate surface area is 189 Å². The Hall–Kier alpha value is -2.75. The summed E-state index contributed by atoms with van der Waals surface area (Å²) in [6, 6.07) is 14.1. The second-order valence-electron chi connectivity index (χ2n) is 7.96. The molecule has 1 atom stereocenters. The highest BCUT2D eigenvalue weighted by atomic mass is 32.2. The molecule has 9 heteroatoms. The third-order valence-electron chi connectivity index (χ3n) is 5.23. The summed E-state index contributed by atoms with van der Waals surface area (Å²) in [5, 5.41) is 5.51. The second kappa shape index (κ2) is 10.7. The average Bonchev–Trinajstić information content (AvgIpc) is 3.26. The molecule has 0 saturated carbocycles. The Bertz CT molecular complexity index is 1050. The van der Waals surface area contributed by atoms with Crippen LogP contribution in [0.15, 0.2) is 48.5 Å². The van der Waals surface area contributed by atoms with Gasteiger partial charge in [-0.2, -0.15) is 4.31 Å². The number of hydrogen-bond donors (Lipinski definition) is 2. The van der Waals surface area contributed by atoms with Crippen LogP contribution in [0, 0.1) is 6.92 Å². The van der Waals surface area contributed by atoms with Crippen LogP contribution in [0.3, 0.4) is 0 Å². The number of anilines is 1. The molecule has 2 aromatic rings.